The molecule has 1 aliphatic rings. The highest BCUT2D eigenvalue weighted by molar-refractivity contribution is 5.95. The third kappa shape index (κ3) is 5.26. The summed E-state index contributed by atoms with van der Waals surface area (Å²) in [6, 6.07) is 16.1. The summed E-state index contributed by atoms with van der Waals surface area (Å²) in [5, 5.41) is 10.6. The Hall–Kier alpha value is -3.15. The van der Waals surface area contributed by atoms with E-state index in [9.17, 15) is 4.79 Å². The van der Waals surface area contributed by atoms with Crippen LogP contribution >= 0.6 is 0 Å². The van der Waals surface area contributed by atoms with Crippen LogP contribution in [0.2, 0.25) is 0 Å². The van der Waals surface area contributed by atoms with Crippen LogP contribution in [0, 0.1) is 6.92 Å². The fraction of sp³-hybridized carbons (Fsp3) is 0.375. The van der Waals surface area contributed by atoms with Crippen molar-refractivity contribution in [3.63, 3.8) is 0 Å². The lowest BCUT2D eigenvalue weighted by Crippen LogP contribution is -2.36. The largest absolute Gasteiger partial charge is 0.376 e. The Kier molecular flexibility index (Phi) is 6.42. The number of anilines is 1. The molecule has 1 amide bonds. The summed E-state index contributed by atoms with van der Waals surface area (Å²) in [7, 11) is 0. The standard InChI is InChI=1S/C24H28N4O2/c1-17-14-19(24(29)26-20-10-6-3-7-11-20)12-13-21(17)25-16-23-27-22(28-30-23)15-18-8-4-2-5-9-18/h2,4-5,8-9,12-14,20,25H,3,6-7,10-11,15-16H2,1H3,(H,26,29). The van der Waals surface area contributed by atoms with Gasteiger partial charge in [0.05, 0.1) is 6.54 Å². The summed E-state index contributed by atoms with van der Waals surface area (Å²) < 4.78 is 5.36. The maximum absolute atomic E-state index is 12.5. The number of aryl methyl sites for hydroxylation is 1. The number of carbonyl (C=O) groups is 1. The second kappa shape index (κ2) is 9.57. The van der Waals surface area contributed by atoms with Gasteiger partial charge in [0.15, 0.2) is 5.82 Å². The van der Waals surface area contributed by atoms with Crippen LogP contribution in [-0.4, -0.2) is 22.1 Å². The van der Waals surface area contributed by atoms with Crippen molar-refractivity contribution in [2.24, 2.45) is 0 Å². The summed E-state index contributed by atoms with van der Waals surface area (Å²) in [4.78, 5) is 17.0. The predicted molar refractivity (Wildman–Crippen MR) is 116 cm³/mol. The number of aromatic nitrogens is 2. The van der Waals surface area contributed by atoms with Crippen molar-refractivity contribution in [3.8, 4) is 0 Å². The Bertz CT molecular complexity index is 978. The first-order valence-electron chi connectivity index (χ1n) is 10.7. The first kappa shape index (κ1) is 20.1. The fourth-order valence-electron chi connectivity index (χ4n) is 3.90. The van der Waals surface area contributed by atoms with Gasteiger partial charge >= 0.3 is 0 Å². The van der Waals surface area contributed by atoms with Crippen molar-refractivity contribution < 1.29 is 9.32 Å². The molecule has 0 bridgehead atoms. The summed E-state index contributed by atoms with van der Waals surface area (Å²) in [6.45, 7) is 2.44. The Morgan fingerprint density at radius 3 is 2.67 bits per heavy atom. The van der Waals surface area contributed by atoms with Crippen molar-refractivity contribution >= 4 is 11.6 Å². The number of hydrogen-bond donors (Lipinski definition) is 2. The van der Waals surface area contributed by atoms with Gasteiger partial charge in [-0.25, -0.2) is 0 Å². The maximum Gasteiger partial charge on any atom is 0.251 e. The van der Waals surface area contributed by atoms with Crippen LogP contribution in [0.15, 0.2) is 53.1 Å². The van der Waals surface area contributed by atoms with E-state index in [1.165, 1.54) is 19.3 Å². The Morgan fingerprint density at radius 1 is 1.10 bits per heavy atom. The van der Waals surface area contributed by atoms with Crippen molar-refractivity contribution in [3.05, 3.63) is 76.9 Å². The zero-order valence-corrected chi connectivity index (χ0v) is 17.4. The summed E-state index contributed by atoms with van der Waals surface area (Å²) >= 11 is 0. The van der Waals surface area contributed by atoms with Gasteiger partial charge in [-0.2, -0.15) is 4.98 Å². The van der Waals surface area contributed by atoms with Crippen molar-refractivity contribution in [2.75, 3.05) is 5.32 Å². The molecule has 0 atom stereocenters. The van der Waals surface area contributed by atoms with E-state index >= 15 is 0 Å². The normalized spacial score (nSPS) is 14.4. The van der Waals surface area contributed by atoms with E-state index < -0.39 is 0 Å². The van der Waals surface area contributed by atoms with Crippen LogP contribution in [0.3, 0.4) is 0 Å². The van der Waals surface area contributed by atoms with E-state index in [-0.39, 0.29) is 5.91 Å². The topological polar surface area (TPSA) is 80.0 Å². The molecule has 2 N–H and O–H groups in total. The predicted octanol–water partition coefficient (Wildman–Crippen LogP) is 4.64. The number of amides is 1. The lowest BCUT2D eigenvalue weighted by atomic mass is 9.95. The van der Waals surface area contributed by atoms with E-state index in [4.69, 9.17) is 4.52 Å². The molecule has 0 radical (unpaired) electrons. The zero-order valence-electron chi connectivity index (χ0n) is 17.4. The third-order valence-corrected chi connectivity index (χ3v) is 5.57. The van der Waals surface area contributed by atoms with Gasteiger partial charge in [-0.3, -0.25) is 4.79 Å². The molecule has 0 saturated heterocycles. The number of carbonyl (C=O) groups excluding carboxylic acids is 1. The molecule has 1 heterocycles. The first-order chi connectivity index (χ1) is 14.7. The minimum atomic E-state index is 0.0130. The first-order valence-corrected chi connectivity index (χ1v) is 10.7. The third-order valence-electron chi connectivity index (χ3n) is 5.57. The van der Waals surface area contributed by atoms with E-state index in [1.54, 1.807) is 0 Å². The summed E-state index contributed by atoms with van der Waals surface area (Å²) in [5.74, 6) is 1.22. The number of hydrogen-bond acceptors (Lipinski definition) is 5. The molecule has 4 rings (SSSR count). The van der Waals surface area contributed by atoms with Gasteiger partial charge in [0.1, 0.15) is 0 Å². The highest BCUT2D eigenvalue weighted by Gasteiger charge is 2.17. The minimum absolute atomic E-state index is 0.0130. The van der Waals surface area contributed by atoms with Crippen LogP contribution in [0.1, 0.15) is 65.3 Å². The SMILES string of the molecule is Cc1cc(C(=O)NC2CCCCC2)ccc1NCc1nc(Cc2ccccc2)no1. The number of benzene rings is 2. The van der Waals surface area contributed by atoms with Gasteiger partial charge in [-0.15, -0.1) is 0 Å². The van der Waals surface area contributed by atoms with Gasteiger partial charge in [0.2, 0.25) is 5.89 Å². The van der Waals surface area contributed by atoms with Gasteiger partial charge in [0.25, 0.3) is 5.91 Å². The Balaban J connectivity index is 1.32. The second-order valence-corrected chi connectivity index (χ2v) is 7.96. The molecule has 0 unspecified atom stereocenters. The number of nitrogens with zero attached hydrogens (tertiary/aromatic N) is 2. The van der Waals surface area contributed by atoms with Crippen LogP contribution < -0.4 is 10.6 Å². The van der Waals surface area contributed by atoms with E-state index in [0.29, 0.717) is 36.3 Å². The van der Waals surface area contributed by atoms with E-state index in [0.717, 1.165) is 29.7 Å². The molecule has 0 spiro atoms. The molecule has 6 nitrogen and oxygen atoms in total. The fourth-order valence-corrected chi connectivity index (χ4v) is 3.90. The van der Waals surface area contributed by atoms with Gasteiger partial charge in [0, 0.05) is 23.7 Å². The van der Waals surface area contributed by atoms with E-state index in [2.05, 4.69) is 20.8 Å². The Labute approximate surface area is 177 Å². The molecular weight excluding hydrogens is 376 g/mol. The van der Waals surface area contributed by atoms with E-state index in [1.807, 2.05) is 55.5 Å². The molecule has 0 aliphatic heterocycles. The molecule has 1 saturated carbocycles. The number of rotatable bonds is 7. The summed E-state index contributed by atoms with van der Waals surface area (Å²) in [5.41, 5.74) is 3.81. The Morgan fingerprint density at radius 2 is 1.90 bits per heavy atom. The van der Waals surface area contributed by atoms with Crippen LogP contribution in [0.25, 0.3) is 0 Å². The average Bonchev–Trinajstić information content (AvgIpc) is 3.21. The van der Waals surface area contributed by atoms with Crippen molar-refractivity contribution in [1.29, 1.82) is 0 Å². The minimum Gasteiger partial charge on any atom is -0.376 e. The zero-order chi connectivity index (χ0) is 20.8. The molecule has 3 aromatic rings. The lowest BCUT2D eigenvalue weighted by molar-refractivity contribution is 0.0927. The smallest absolute Gasteiger partial charge is 0.251 e. The average molecular weight is 405 g/mol. The summed E-state index contributed by atoms with van der Waals surface area (Å²) in [6.07, 6.45) is 6.50. The molecular formula is C24H28N4O2. The highest BCUT2D eigenvalue weighted by atomic mass is 16.5. The maximum atomic E-state index is 12.5. The second-order valence-electron chi connectivity index (χ2n) is 7.96. The molecule has 6 heteroatoms. The highest BCUT2D eigenvalue weighted by Crippen LogP contribution is 2.20. The molecule has 1 aromatic heterocycles. The van der Waals surface area contributed by atoms with Crippen LogP contribution in [0.5, 0.6) is 0 Å². The van der Waals surface area contributed by atoms with Gasteiger partial charge in [-0.1, -0.05) is 54.8 Å². The van der Waals surface area contributed by atoms with Crippen LogP contribution in [-0.2, 0) is 13.0 Å². The van der Waals surface area contributed by atoms with Crippen LogP contribution in [0.4, 0.5) is 5.69 Å². The molecule has 30 heavy (non-hydrogen) atoms. The van der Waals surface area contributed by atoms with Crippen molar-refractivity contribution in [2.45, 2.75) is 58.0 Å². The lowest BCUT2D eigenvalue weighted by Gasteiger charge is -2.23. The van der Waals surface area contributed by atoms with Crippen molar-refractivity contribution in [1.82, 2.24) is 15.5 Å². The molecule has 1 aliphatic carbocycles. The number of nitrogens with one attached hydrogen (secondary N) is 2. The van der Waals surface area contributed by atoms with Gasteiger partial charge < -0.3 is 15.2 Å². The van der Waals surface area contributed by atoms with Gasteiger partial charge in [-0.05, 0) is 49.1 Å². The quantitative estimate of drug-likeness (QED) is 0.599. The molecule has 2 aromatic carbocycles. The molecule has 156 valence electrons. The monoisotopic (exact) mass is 404 g/mol. The molecule has 1 fully saturated rings.